The molecule has 0 fully saturated rings. The lowest BCUT2D eigenvalue weighted by molar-refractivity contribution is -0.110. The lowest BCUT2D eigenvalue weighted by Gasteiger charge is -2.14. The van der Waals surface area contributed by atoms with E-state index in [1.165, 1.54) is 5.56 Å². The van der Waals surface area contributed by atoms with Crippen molar-refractivity contribution in [3.05, 3.63) is 59.9 Å². The molecule has 0 radical (unpaired) electrons. The maximum Gasteiger partial charge on any atom is 0.207 e. The van der Waals surface area contributed by atoms with Crippen LogP contribution in [0.25, 0.3) is 11.0 Å². The zero-order valence-electron chi connectivity index (χ0n) is 17.6. The molecule has 0 aliphatic rings. The summed E-state index contributed by atoms with van der Waals surface area (Å²) in [5.41, 5.74) is 3.42. The molecule has 3 rings (SSSR count). The van der Waals surface area contributed by atoms with Crippen molar-refractivity contribution in [3.8, 4) is 5.75 Å². The number of amides is 1. The number of ether oxygens (including phenoxy) is 1. The number of carbonyl (C=O) groups is 1. The number of carbonyl (C=O) groups excluding carboxylic acids is 1. The maximum atomic E-state index is 10.9. The quantitative estimate of drug-likeness (QED) is 0.359. The number of aromatic nitrogens is 2. The van der Waals surface area contributed by atoms with Crippen LogP contribution >= 0.6 is 0 Å². The third-order valence-electron chi connectivity index (χ3n) is 5.50. The van der Waals surface area contributed by atoms with Crippen LogP contribution < -0.4 is 10.1 Å². The summed E-state index contributed by atoms with van der Waals surface area (Å²) >= 11 is 0. The average molecular weight is 394 g/mol. The molecule has 0 aliphatic heterocycles. The Morgan fingerprint density at radius 1 is 1.10 bits per heavy atom. The van der Waals surface area contributed by atoms with E-state index in [1.807, 2.05) is 25.1 Å². The Morgan fingerprint density at radius 2 is 1.86 bits per heavy atom. The SMILES string of the molecule is CCC(C)c1ccc(OCCCCn2c(C(C)NC=O)nc3ccccc32)cc1. The second kappa shape index (κ2) is 10.1. The monoisotopic (exact) mass is 393 g/mol. The third-order valence-corrected chi connectivity index (χ3v) is 5.50. The van der Waals surface area contributed by atoms with Gasteiger partial charge in [-0.1, -0.05) is 38.1 Å². The highest BCUT2D eigenvalue weighted by Crippen LogP contribution is 2.23. The predicted octanol–water partition coefficient (Wildman–Crippen LogP) is 5.22. The first-order chi connectivity index (χ1) is 14.1. The molecular weight excluding hydrogens is 362 g/mol. The number of fused-ring (bicyclic) bond motifs is 1. The van der Waals surface area contributed by atoms with Gasteiger partial charge >= 0.3 is 0 Å². The van der Waals surface area contributed by atoms with Gasteiger partial charge in [0.15, 0.2) is 0 Å². The number of unbranched alkanes of at least 4 members (excludes halogenated alkanes) is 1. The number of benzene rings is 2. The van der Waals surface area contributed by atoms with Crippen molar-refractivity contribution in [2.75, 3.05) is 6.61 Å². The Bertz CT molecular complexity index is 918. The molecule has 0 saturated heterocycles. The van der Waals surface area contributed by atoms with Gasteiger partial charge in [-0.25, -0.2) is 4.98 Å². The zero-order chi connectivity index (χ0) is 20.6. The van der Waals surface area contributed by atoms with Crippen molar-refractivity contribution < 1.29 is 9.53 Å². The van der Waals surface area contributed by atoms with E-state index in [0.29, 0.717) is 12.5 Å². The Morgan fingerprint density at radius 3 is 2.59 bits per heavy atom. The Balaban J connectivity index is 1.56. The number of aryl methyl sites for hydroxylation is 1. The van der Waals surface area contributed by atoms with Crippen LogP contribution in [0.4, 0.5) is 0 Å². The van der Waals surface area contributed by atoms with Gasteiger partial charge in [-0.2, -0.15) is 0 Å². The minimum atomic E-state index is -0.125. The molecule has 0 bridgehead atoms. The first kappa shape index (κ1) is 20.9. The molecule has 2 atom stereocenters. The van der Waals surface area contributed by atoms with Crippen LogP contribution in [0.2, 0.25) is 0 Å². The van der Waals surface area contributed by atoms with Crippen LogP contribution in [0, 0.1) is 0 Å². The Labute approximate surface area is 173 Å². The van der Waals surface area contributed by atoms with Gasteiger partial charge in [0.1, 0.15) is 11.6 Å². The van der Waals surface area contributed by atoms with Crippen molar-refractivity contribution in [2.24, 2.45) is 0 Å². The summed E-state index contributed by atoms with van der Waals surface area (Å²) in [7, 11) is 0. The second-order valence-electron chi connectivity index (χ2n) is 7.55. The van der Waals surface area contributed by atoms with Gasteiger partial charge in [-0.15, -0.1) is 0 Å². The molecule has 154 valence electrons. The second-order valence-corrected chi connectivity index (χ2v) is 7.55. The standard InChI is InChI=1S/C24H31N3O2/c1-4-18(2)20-11-13-21(14-12-20)29-16-8-7-15-27-23-10-6-5-9-22(23)26-24(27)19(3)25-17-28/h5-6,9-14,17-19H,4,7-8,15-16H2,1-3H3,(H,25,28). The van der Waals surface area contributed by atoms with Crippen molar-refractivity contribution in [3.63, 3.8) is 0 Å². The van der Waals surface area contributed by atoms with E-state index in [2.05, 4.69) is 54.1 Å². The normalized spacial score (nSPS) is 13.2. The van der Waals surface area contributed by atoms with E-state index < -0.39 is 0 Å². The number of hydrogen-bond acceptors (Lipinski definition) is 3. The summed E-state index contributed by atoms with van der Waals surface area (Å²) in [6.45, 7) is 7.94. The summed E-state index contributed by atoms with van der Waals surface area (Å²) in [4.78, 5) is 15.6. The van der Waals surface area contributed by atoms with Crippen LogP contribution in [-0.2, 0) is 11.3 Å². The lowest BCUT2D eigenvalue weighted by atomic mass is 9.99. The molecule has 2 aromatic carbocycles. The van der Waals surface area contributed by atoms with E-state index in [4.69, 9.17) is 9.72 Å². The van der Waals surface area contributed by atoms with Crippen LogP contribution in [0.5, 0.6) is 5.75 Å². The summed E-state index contributed by atoms with van der Waals surface area (Å²) in [5, 5.41) is 2.81. The van der Waals surface area contributed by atoms with Gasteiger partial charge in [0, 0.05) is 6.54 Å². The molecule has 1 N–H and O–H groups in total. The van der Waals surface area contributed by atoms with E-state index in [9.17, 15) is 4.79 Å². The van der Waals surface area contributed by atoms with Gasteiger partial charge in [0.25, 0.3) is 0 Å². The number of hydrogen-bond donors (Lipinski definition) is 1. The Hall–Kier alpha value is -2.82. The fourth-order valence-electron chi connectivity index (χ4n) is 3.53. The van der Waals surface area contributed by atoms with Gasteiger partial charge in [0.2, 0.25) is 6.41 Å². The zero-order valence-corrected chi connectivity index (χ0v) is 17.6. The number of para-hydroxylation sites is 2. The predicted molar refractivity (Wildman–Crippen MR) is 117 cm³/mol. The molecule has 1 amide bonds. The molecule has 5 heteroatoms. The topological polar surface area (TPSA) is 56.1 Å². The fourth-order valence-corrected chi connectivity index (χ4v) is 3.53. The average Bonchev–Trinajstić information content (AvgIpc) is 3.12. The van der Waals surface area contributed by atoms with Gasteiger partial charge < -0.3 is 14.6 Å². The van der Waals surface area contributed by atoms with Gasteiger partial charge in [-0.3, -0.25) is 4.79 Å². The summed E-state index contributed by atoms with van der Waals surface area (Å²) in [5.74, 6) is 2.40. The van der Waals surface area contributed by atoms with Gasteiger partial charge in [-0.05, 0) is 61.9 Å². The molecule has 0 saturated carbocycles. The molecular formula is C24H31N3O2. The summed E-state index contributed by atoms with van der Waals surface area (Å²) < 4.78 is 8.12. The van der Waals surface area contributed by atoms with Crippen molar-refractivity contribution in [2.45, 2.75) is 58.5 Å². The molecule has 1 heterocycles. The fraction of sp³-hybridized carbons (Fsp3) is 0.417. The number of nitrogens with zero attached hydrogens (tertiary/aromatic N) is 2. The maximum absolute atomic E-state index is 10.9. The smallest absolute Gasteiger partial charge is 0.207 e. The number of imidazole rings is 1. The third kappa shape index (κ3) is 5.17. The number of nitrogens with one attached hydrogen (secondary N) is 1. The first-order valence-electron chi connectivity index (χ1n) is 10.5. The summed E-state index contributed by atoms with van der Waals surface area (Å²) in [6.07, 6.45) is 3.81. The first-order valence-corrected chi connectivity index (χ1v) is 10.5. The highest BCUT2D eigenvalue weighted by Gasteiger charge is 2.15. The highest BCUT2D eigenvalue weighted by atomic mass is 16.5. The van der Waals surface area contributed by atoms with Crippen LogP contribution in [0.3, 0.4) is 0 Å². The molecule has 0 spiro atoms. The van der Waals surface area contributed by atoms with E-state index in [1.54, 1.807) is 0 Å². The van der Waals surface area contributed by atoms with E-state index >= 15 is 0 Å². The van der Waals surface area contributed by atoms with E-state index in [0.717, 1.165) is 54.8 Å². The molecule has 0 aliphatic carbocycles. The molecule has 1 aromatic heterocycles. The minimum Gasteiger partial charge on any atom is -0.494 e. The minimum absolute atomic E-state index is 0.125. The summed E-state index contributed by atoms with van der Waals surface area (Å²) in [6, 6.07) is 16.4. The lowest BCUT2D eigenvalue weighted by Crippen LogP contribution is -2.20. The van der Waals surface area contributed by atoms with Crippen molar-refractivity contribution >= 4 is 17.4 Å². The highest BCUT2D eigenvalue weighted by molar-refractivity contribution is 5.76. The van der Waals surface area contributed by atoms with E-state index in [-0.39, 0.29) is 6.04 Å². The largest absolute Gasteiger partial charge is 0.494 e. The van der Waals surface area contributed by atoms with Crippen LogP contribution in [0.1, 0.15) is 63.4 Å². The van der Waals surface area contributed by atoms with Crippen LogP contribution in [0.15, 0.2) is 48.5 Å². The van der Waals surface area contributed by atoms with Crippen molar-refractivity contribution in [1.82, 2.24) is 14.9 Å². The Kier molecular flexibility index (Phi) is 7.28. The molecule has 5 nitrogen and oxygen atoms in total. The van der Waals surface area contributed by atoms with Crippen molar-refractivity contribution in [1.29, 1.82) is 0 Å². The number of rotatable bonds is 11. The molecule has 3 aromatic rings. The molecule has 29 heavy (non-hydrogen) atoms. The molecule has 2 unspecified atom stereocenters. The van der Waals surface area contributed by atoms with Crippen LogP contribution in [-0.4, -0.2) is 22.6 Å². The van der Waals surface area contributed by atoms with Gasteiger partial charge in [0.05, 0.1) is 23.7 Å².